The molecule has 0 unspecified atom stereocenters. The van der Waals surface area contributed by atoms with E-state index in [2.05, 4.69) is 20.7 Å². The number of aryl methyl sites for hydroxylation is 1. The van der Waals surface area contributed by atoms with E-state index in [9.17, 15) is 13.6 Å². The first-order chi connectivity index (χ1) is 15.0. The lowest BCUT2D eigenvalue weighted by molar-refractivity contribution is 0.100. The second-order valence-electron chi connectivity index (χ2n) is 8.12. The third-order valence-corrected chi connectivity index (χ3v) is 5.29. The zero-order valence-corrected chi connectivity index (χ0v) is 18.7. The summed E-state index contributed by atoms with van der Waals surface area (Å²) in [5, 5.41) is 10.7. The number of pyridine rings is 1. The van der Waals surface area contributed by atoms with E-state index in [0.29, 0.717) is 29.0 Å². The van der Waals surface area contributed by atoms with Crippen molar-refractivity contribution >= 4 is 40.0 Å². The molecule has 0 bridgehead atoms. The van der Waals surface area contributed by atoms with Gasteiger partial charge in [0, 0.05) is 44.8 Å². The number of aromatic nitrogens is 3. The number of nitrogens with one attached hydrogen (secondary N) is 2. The number of benzene rings is 1. The second kappa shape index (κ2) is 8.95. The lowest BCUT2D eigenvalue weighted by Crippen LogP contribution is -2.30. The van der Waals surface area contributed by atoms with Crippen LogP contribution in [0.4, 0.5) is 31.9 Å². The van der Waals surface area contributed by atoms with Crippen LogP contribution in [0.3, 0.4) is 0 Å². The molecule has 0 saturated heterocycles. The van der Waals surface area contributed by atoms with Crippen LogP contribution >= 0.6 is 0 Å². The lowest BCUT2D eigenvalue weighted by Gasteiger charge is -2.18. The maximum Gasteiger partial charge on any atom is 0.252 e. The summed E-state index contributed by atoms with van der Waals surface area (Å²) in [5.41, 5.74) is 11.8. The van der Waals surface area contributed by atoms with Crippen LogP contribution < -0.4 is 27.0 Å². The molecule has 3 aromatic rings. The van der Waals surface area contributed by atoms with Crippen molar-refractivity contribution in [2.24, 2.45) is 24.4 Å². The Balaban J connectivity index is 2.03. The normalized spacial score (nSPS) is 13.1. The van der Waals surface area contributed by atoms with Crippen LogP contribution in [0.1, 0.15) is 24.2 Å². The number of primary amides is 1. The van der Waals surface area contributed by atoms with Crippen molar-refractivity contribution in [3.05, 3.63) is 35.4 Å². The van der Waals surface area contributed by atoms with Crippen LogP contribution in [0.2, 0.25) is 0 Å². The molecule has 2 heterocycles. The molecule has 3 rings (SSSR count). The molecular formula is C21H28F2N8O. The number of halogens is 2. The SMILES string of the molecule is C[C@H](N)[C@@H](C)CNc1nc(Nc2cc(F)c3c(c2)c(N(C)C)nn3C)c(C(N)=O)cc1F. The lowest BCUT2D eigenvalue weighted by atomic mass is 10.1. The van der Waals surface area contributed by atoms with Gasteiger partial charge in [-0.1, -0.05) is 6.92 Å². The zero-order valence-electron chi connectivity index (χ0n) is 18.7. The summed E-state index contributed by atoms with van der Waals surface area (Å²) in [7, 11) is 5.25. The van der Waals surface area contributed by atoms with Gasteiger partial charge in [0.25, 0.3) is 5.91 Å². The van der Waals surface area contributed by atoms with E-state index in [4.69, 9.17) is 11.5 Å². The molecule has 9 nitrogen and oxygen atoms in total. The van der Waals surface area contributed by atoms with Crippen molar-refractivity contribution in [2.75, 3.05) is 36.2 Å². The van der Waals surface area contributed by atoms with Gasteiger partial charge in [-0.25, -0.2) is 13.8 Å². The van der Waals surface area contributed by atoms with E-state index in [1.807, 2.05) is 13.8 Å². The minimum atomic E-state index is -0.869. The van der Waals surface area contributed by atoms with Gasteiger partial charge in [-0.3, -0.25) is 9.48 Å². The first-order valence-electron chi connectivity index (χ1n) is 10.1. The Morgan fingerprint density at radius 1 is 1.19 bits per heavy atom. The van der Waals surface area contributed by atoms with Crippen LogP contribution in [-0.2, 0) is 7.05 Å². The van der Waals surface area contributed by atoms with Crippen LogP contribution in [0, 0.1) is 17.6 Å². The third kappa shape index (κ3) is 4.57. The van der Waals surface area contributed by atoms with Crippen LogP contribution in [0.15, 0.2) is 18.2 Å². The maximum atomic E-state index is 14.9. The molecule has 0 aliphatic heterocycles. The van der Waals surface area contributed by atoms with E-state index in [1.165, 1.54) is 10.7 Å². The number of hydrogen-bond acceptors (Lipinski definition) is 7. The van der Waals surface area contributed by atoms with Gasteiger partial charge in [0.15, 0.2) is 23.3 Å². The fourth-order valence-corrected chi connectivity index (χ4v) is 3.22. The molecule has 0 saturated carbocycles. The Hall–Kier alpha value is -3.47. The highest BCUT2D eigenvalue weighted by Crippen LogP contribution is 2.32. The van der Waals surface area contributed by atoms with Gasteiger partial charge in [0.05, 0.1) is 5.56 Å². The predicted molar refractivity (Wildman–Crippen MR) is 122 cm³/mol. The van der Waals surface area contributed by atoms with Gasteiger partial charge in [-0.15, -0.1) is 0 Å². The van der Waals surface area contributed by atoms with Crippen molar-refractivity contribution in [3.8, 4) is 0 Å². The number of carbonyl (C=O) groups excluding carboxylic acids is 1. The molecule has 32 heavy (non-hydrogen) atoms. The summed E-state index contributed by atoms with van der Waals surface area (Å²) < 4.78 is 30.8. The van der Waals surface area contributed by atoms with Gasteiger partial charge >= 0.3 is 0 Å². The highest BCUT2D eigenvalue weighted by molar-refractivity contribution is 5.99. The average molecular weight is 447 g/mol. The van der Waals surface area contributed by atoms with Gasteiger partial charge in [0.2, 0.25) is 0 Å². The molecule has 2 aromatic heterocycles. The number of carbonyl (C=O) groups is 1. The number of fused-ring (bicyclic) bond motifs is 1. The molecule has 0 aliphatic rings. The number of nitrogens with zero attached hydrogens (tertiary/aromatic N) is 4. The Morgan fingerprint density at radius 3 is 2.47 bits per heavy atom. The fraction of sp³-hybridized carbons (Fsp3) is 0.381. The Labute approximate surface area is 184 Å². The topological polar surface area (TPSA) is 127 Å². The van der Waals surface area contributed by atoms with E-state index < -0.39 is 17.5 Å². The summed E-state index contributed by atoms with van der Waals surface area (Å²) in [6.45, 7) is 4.14. The van der Waals surface area contributed by atoms with Crippen molar-refractivity contribution in [1.29, 1.82) is 0 Å². The summed E-state index contributed by atoms with van der Waals surface area (Å²) in [6, 6.07) is 3.83. The molecule has 11 heteroatoms. The summed E-state index contributed by atoms with van der Waals surface area (Å²) in [4.78, 5) is 17.9. The molecule has 0 aliphatic carbocycles. The zero-order chi connectivity index (χ0) is 23.7. The molecule has 1 amide bonds. The van der Waals surface area contributed by atoms with Gasteiger partial charge in [-0.2, -0.15) is 5.10 Å². The quantitative estimate of drug-likeness (QED) is 0.419. The standard InChI is InChI=1S/C21H28F2N8O/c1-10(11(2)24)9-26-20-16(23)8-14(18(25)32)19(28-20)27-12-6-13-17(15(22)7-12)31(5)29-21(13)30(3)4/h6-8,10-11H,9,24H2,1-5H3,(H2,25,32)(H2,26,27,28)/t10-,11-/m0/s1. The van der Waals surface area contributed by atoms with Crippen molar-refractivity contribution in [2.45, 2.75) is 19.9 Å². The Kier molecular flexibility index (Phi) is 6.49. The largest absolute Gasteiger partial charge is 0.367 e. The average Bonchev–Trinajstić information content (AvgIpc) is 3.04. The van der Waals surface area contributed by atoms with Gasteiger partial charge in [0.1, 0.15) is 11.3 Å². The van der Waals surface area contributed by atoms with Crippen LogP contribution in [-0.4, -0.2) is 47.4 Å². The fourth-order valence-electron chi connectivity index (χ4n) is 3.22. The van der Waals surface area contributed by atoms with E-state index in [0.717, 1.165) is 6.07 Å². The first-order valence-corrected chi connectivity index (χ1v) is 10.1. The molecule has 0 spiro atoms. The number of hydrogen-bond donors (Lipinski definition) is 4. The van der Waals surface area contributed by atoms with Gasteiger partial charge < -0.3 is 27.0 Å². The summed E-state index contributed by atoms with van der Waals surface area (Å²) in [5.74, 6) is -1.56. The molecule has 0 fully saturated rings. The smallest absolute Gasteiger partial charge is 0.252 e. The molecule has 6 N–H and O–H groups in total. The van der Waals surface area contributed by atoms with Crippen molar-refractivity contribution in [1.82, 2.24) is 14.8 Å². The van der Waals surface area contributed by atoms with Crippen molar-refractivity contribution in [3.63, 3.8) is 0 Å². The third-order valence-electron chi connectivity index (χ3n) is 5.29. The Morgan fingerprint density at radius 2 is 1.88 bits per heavy atom. The van der Waals surface area contributed by atoms with E-state index in [-0.39, 0.29) is 29.2 Å². The number of amides is 1. The minimum absolute atomic E-state index is 0.00360. The molecule has 2 atom stereocenters. The van der Waals surface area contributed by atoms with Crippen LogP contribution in [0.25, 0.3) is 10.9 Å². The first kappa shape index (κ1) is 23.2. The second-order valence-corrected chi connectivity index (χ2v) is 8.12. The highest BCUT2D eigenvalue weighted by Gasteiger charge is 2.20. The monoisotopic (exact) mass is 446 g/mol. The molecule has 172 valence electrons. The maximum absolute atomic E-state index is 14.9. The summed E-state index contributed by atoms with van der Waals surface area (Å²) in [6.07, 6.45) is 0. The summed E-state index contributed by atoms with van der Waals surface area (Å²) >= 11 is 0. The number of nitrogens with two attached hydrogens (primary N) is 2. The Bertz CT molecular complexity index is 1160. The van der Waals surface area contributed by atoms with Crippen LogP contribution in [0.5, 0.6) is 0 Å². The number of anilines is 4. The highest BCUT2D eigenvalue weighted by atomic mass is 19.1. The minimum Gasteiger partial charge on any atom is -0.367 e. The van der Waals surface area contributed by atoms with E-state index in [1.54, 1.807) is 32.1 Å². The van der Waals surface area contributed by atoms with Crippen molar-refractivity contribution < 1.29 is 13.6 Å². The van der Waals surface area contributed by atoms with Gasteiger partial charge in [-0.05, 0) is 31.0 Å². The molecule has 0 radical (unpaired) electrons. The van der Waals surface area contributed by atoms with E-state index >= 15 is 0 Å². The molecular weight excluding hydrogens is 418 g/mol. The molecule has 1 aromatic carbocycles. The number of rotatable bonds is 8. The predicted octanol–water partition coefficient (Wildman–Crippen LogP) is 2.55.